The fourth-order valence-electron chi connectivity index (χ4n) is 4.33. The van der Waals surface area contributed by atoms with Gasteiger partial charge in [-0.3, -0.25) is 4.90 Å². The maximum Gasteiger partial charge on any atom is 0.157 e. The van der Waals surface area contributed by atoms with Gasteiger partial charge in [-0.1, -0.05) is 12.5 Å². The molecule has 176 valence electrons. The van der Waals surface area contributed by atoms with E-state index in [2.05, 4.69) is 4.90 Å². The molecule has 0 saturated carbocycles. The summed E-state index contributed by atoms with van der Waals surface area (Å²) in [5.41, 5.74) is 1.01. The van der Waals surface area contributed by atoms with E-state index in [0.29, 0.717) is 18.1 Å². The lowest BCUT2D eigenvalue weighted by Crippen LogP contribution is -2.33. The monoisotopic (exact) mass is 475 g/mol. The van der Waals surface area contributed by atoms with Crippen LogP contribution in [0.4, 0.5) is 0 Å². The van der Waals surface area contributed by atoms with Crippen molar-refractivity contribution in [2.24, 2.45) is 0 Å². The first-order chi connectivity index (χ1) is 16.7. The average Bonchev–Trinajstić information content (AvgIpc) is 3.25. The highest BCUT2D eigenvalue weighted by atomic mass is 32.1. The number of hydrogen-bond acceptors (Lipinski definition) is 6. The molecule has 1 fully saturated rings. The standard InChI is InChI=1S/C28H29NO4S/c1-31-21-10-8-20(9-11-21)28-27(26-24(30)6-5-7-25(26)34-28)33-23-14-12-22(13-15-23)32-19-18-29-16-3-2-4-17-29/h5-15,30H,2-4,16-19H2,1H3. The van der Waals surface area contributed by atoms with E-state index in [1.54, 1.807) is 24.5 Å². The topological polar surface area (TPSA) is 51.2 Å². The van der Waals surface area contributed by atoms with Gasteiger partial charge in [0, 0.05) is 11.2 Å². The molecule has 1 aromatic heterocycles. The summed E-state index contributed by atoms with van der Waals surface area (Å²) in [5, 5.41) is 11.3. The predicted molar refractivity (Wildman–Crippen MR) is 138 cm³/mol. The Morgan fingerprint density at radius 2 is 1.56 bits per heavy atom. The third kappa shape index (κ3) is 4.98. The molecule has 6 heteroatoms. The number of methoxy groups -OCH3 is 1. The first-order valence-electron chi connectivity index (χ1n) is 11.7. The average molecular weight is 476 g/mol. The molecule has 5 rings (SSSR count). The van der Waals surface area contributed by atoms with Gasteiger partial charge < -0.3 is 19.3 Å². The summed E-state index contributed by atoms with van der Waals surface area (Å²) in [6, 6.07) is 21.1. The van der Waals surface area contributed by atoms with Crippen molar-refractivity contribution in [1.82, 2.24) is 4.90 Å². The van der Waals surface area contributed by atoms with Crippen molar-refractivity contribution in [2.45, 2.75) is 19.3 Å². The van der Waals surface area contributed by atoms with Crippen LogP contribution < -0.4 is 14.2 Å². The summed E-state index contributed by atoms with van der Waals surface area (Å²) in [4.78, 5) is 3.43. The van der Waals surface area contributed by atoms with E-state index in [-0.39, 0.29) is 5.75 Å². The third-order valence-electron chi connectivity index (χ3n) is 6.17. The number of hydrogen-bond donors (Lipinski definition) is 1. The number of thiophene rings is 1. The highest BCUT2D eigenvalue weighted by molar-refractivity contribution is 7.22. The molecule has 0 amide bonds. The van der Waals surface area contributed by atoms with Gasteiger partial charge in [0.25, 0.3) is 0 Å². The molecule has 1 N–H and O–H groups in total. The van der Waals surface area contributed by atoms with E-state index in [1.807, 2.05) is 60.7 Å². The number of fused-ring (bicyclic) bond motifs is 1. The maximum atomic E-state index is 10.6. The maximum absolute atomic E-state index is 10.6. The summed E-state index contributed by atoms with van der Waals surface area (Å²) in [5.74, 6) is 3.19. The Labute approximate surface area is 204 Å². The van der Waals surface area contributed by atoms with Crippen LogP contribution in [0.1, 0.15) is 19.3 Å². The van der Waals surface area contributed by atoms with Crippen LogP contribution in [0.3, 0.4) is 0 Å². The van der Waals surface area contributed by atoms with Crippen molar-refractivity contribution in [2.75, 3.05) is 33.4 Å². The van der Waals surface area contributed by atoms with Crippen LogP contribution in [-0.2, 0) is 0 Å². The molecule has 0 atom stereocenters. The second kappa shape index (κ2) is 10.4. The van der Waals surface area contributed by atoms with Crippen molar-refractivity contribution in [3.63, 3.8) is 0 Å². The number of likely N-dealkylation sites (tertiary alicyclic amines) is 1. The Kier molecular flexibility index (Phi) is 6.88. The van der Waals surface area contributed by atoms with Crippen LogP contribution in [-0.4, -0.2) is 43.4 Å². The molecule has 1 saturated heterocycles. The van der Waals surface area contributed by atoms with Gasteiger partial charge in [-0.15, -0.1) is 11.3 Å². The van der Waals surface area contributed by atoms with E-state index >= 15 is 0 Å². The van der Waals surface area contributed by atoms with Gasteiger partial charge in [0.2, 0.25) is 0 Å². The van der Waals surface area contributed by atoms with Gasteiger partial charge >= 0.3 is 0 Å². The molecule has 0 spiro atoms. The van der Waals surface area contributed by atoms with E-state index in [1.165, 1.54) is 32.4 Å². The van der Waals surface area contributed by atoms with Crippen molar-refractivity contribution in [3.05, 3.63) is 66.7 Å². The molecule has 0 radical (unpaired) electrons. The summed E-state index contributed by atoms with van der Waals surface area (Å²) in [6.45, 7) is 4.00. The van der Waals surface area contributed by atoms with E-state index in [9.17, 15) is 5.11 Å². The van der Waals surface area contributed by atoms with Crippen LogP contribution in [0, 0.1) is 0 Å². The fourth-order valence-corrected chi connectivity index (χ4v) is 5.49. The second-order valence-electron chi connectivity index (χ2n) is 8.46. The minimum Gasteiger partial charge on any atom is -0.507 e. The molecule has 0 bridgehead atoms. The Morgan fingerprint density at radius 1 is 0.853 bits per heavy atom. The quantitative estimate of drug-likeness (QED) is 0.299. The molecule has 5 nitrogen and oxygen atoms in total. The Hall–Kier alpha value is -3.22. The number of rotatable bonds is 8. The molecule has 1 aliphatic rings. The Morgan fingerprint density at radius 3 is 2.29 bits per heavy atom. The van der Waals surface area contributed by atoms with Gasteiger partial charge in [0.1, 0.15) is 29.6 Å². The SMILES string of the molecule is COc1ccc(-c2sc3cccc(O)c3c2Oc2ccc(OCCN3CCCCC3)cc2)cc1. The zero-order chi connectivity index (χ0) is 23.3. The van der Waals surface area contributed by atoms with Gasteiger partial charge in [-0.05, 0) is 92.2 Å². The van der Waals surface area contributed by atoms with Crippen LogP contribution in [0.25, 0.3) is 20.5 Å². The number of piperidine rings is 1. The normalized spacial score (nSPS) is 14.3. The lowest BCUT2D eigenvalue weighted by molar-refractivity contribution is 0.183. The largest absolute Gasteiger partial charge is 0.507 e. The van der Waals surface area contributed by atoms with E-state index in [0.717, 1.165) is 38.6 Å². The molecule has 0 aliphatic carbocycles. The van der Waals surface area contributed by atoms with Crippen LogP contribution >= 0.6 is 11.3 Å². The summed E-state index contributed by atoms with van der Waals surface area (Å²) >= 11 is 1.60. The van der Waals surface area contributed by atoms with Crippen molar-refractivity contribution in [3.8, 4) is 39.2 Å². The first kappa shape index (κ1) is 22.6. The predicted octanol–water partition coefficient (Wildman–Crippen LogP) is 6.94. The molecule has 4 aromatic rings. The highest BCUT2D eigenvalue weighted by Gasteiger charge is 2.19. The highest BCUT2D eigenvalue weighted by Crippen LogP contribution is 2.49. The number of ether oxygens (including phenoxy) is 3. The van der Waals surface area contributed by atoms with Gasteiger partial charge in [-0.2, -0.15) is 0 Å². The smallest absolute Gasteiger partial charge is 0.157 e. The minimum atomic E-state index is 0.209. The lowest BCUT2D eigenvalue weighted by atomic mass is 10.1. The zero-order valence-corrected chi connectivity index (χ0v) is 20.1. The number of benzene rings is 3. The van der Waals surface area contributed by atoms with Gasteiger partial charge in [-0.25, -0.2) is 0 Å². The van der Waals surface area contributed by atoms with E-state index in [4.69, 9.17) is 14.2 Å². The molecule has 3 aromatic carbocycles. The van der Waals surface area contributed by atoms with Crippen molar-refractivity contribution in [1.29, 1.82) is 0 Å². The fraction of sp³-hybridized carbons (Fsp3) is 0.286. The van der Waals surface area contributed by atoms with Crippen LogP contribution in [0.15, 0.2) is 66.7 Å². The molecular formula is C28H29NO4S. The van der Waals surface area contributed by atoms with Crippen LogP contribution in [0.2, 0.25) is 0 Å². The van der Waals surface area contributed by atoms with Gasteiger partial charge in [0.05, 0.1) is 17.4 Å². The molecule has 0 unspecified atom stereocenters. The summed E-state index contributed by atoms with van der Waals surface area (Å²) < 4.78 is 18.6. The molecular weight excluding hydrogens is 446 g/mol. The second-order valence-corrected chi connectivity index (χ2v) is 9.52. The lowest BCUT2D eigenvalue weighted by Gasteiger charge is -2.26. The third-order valence-corrected chi connectivity index (χ3v) is 7.36. The molecule has 2 heterocycles. The number of phenols is 1. The van der Waals surface area contributed by atoms with Gasteiger partial charge in [0.15, 0.2) is 5.75 Å². The van der Waals surface area contributed by atoms with E-state index < -0.39 is 0 Å². The van der Waals surface area contributed by atoms with Crippen molar-refractivity contribution < 1.29 is 19.3 Å². The van der Waals surface area contributed by atoms with Crippen molar-refractivity contribution >= 4 is 21.4 Å². The Balaban J connectivity index is 1.35. The minimum absolute atomic E-state index is 0.209. The summed E-state index contributed by atoms with van der Waals surface area (Å²) in [6.07, 6.45) is 3.92. The summed E-state index contributed by atoms with van der Waals surface area (Å²) in [7, 11) is 1.65. The number of aromatic hydroxyl groups is 1. The zero-order valence-electron chi connectivity index (χ0n) is 19.3. The first-order valence-corrected chi connectivity index (χ1v) is 12.5. The Bertz CT molecular complexity index is 1230. The molecule has 1 aliphatic heterocycles. The van der Waals surface area contributed by atoms with Crippen LogP contribution in [0.5, 0.6) is 28.7 Å². The molecule has 34 heavy (non-hydrogen) atoms. The number of phenolic OH excluding ortho intramolecular Hbond substituents is 1. The number of nitrogens with zero attached hydrogens (tertiary/aromatic N) is 1.